The van der Waals surface area contributed by atoms with E-state index in [1.165, 1.54) is 49.8 Å². The largest absolute Gasteiger partial charge is 0.349 e. The van der Waals surface area contributed by atoms with E-state index >= 15 is 0 Å². The van der Waals surface area contributed by atoms with Crippen molar-refractivity contribution in [1.82, 2.24) is 25.5 Å². The molecule has 2 aromatic rings. The lowest BCUT2D eigenvalue weighted by Gasteiger charge is -2.20. The van der Waals surface area contributed by atoms with Crippen LogP contribution in [0, 0.1) is 6.92 Å². The predicted octanol–water partition coefficient (Wildman–Crippen LogP) is 3.08. The predicted molar refractivity (Wildman–Crippen MR) is 85.8 cm³/mol. The maximum atomic E-state index is 12.5. The number of rotatable bonds is 3. The number of carbonyl (C=O) groups excluding carboxylic acids is 1. The molecule has 22 heavy (non-hydrogen) atoms. The molecule has 3 rings (SSSR count). The van der Waals surface area contributed by atoms with Gasteiger partial charge in [0.2, 0.25) is 0 Å². The summed E-state index contributed by atoms with van der Waals surface area (Å²) >= 11 is 1.37. The standard InChI is InChI=1S/C15H21N5OS/c1-10-12(22-15(18-10)13-16-9-17-20-13)14(21)19-11-7-5-3-2-4-6-8-11/h9,11H,2-8H2,1H3,(H,19,21)(H,16,17,20). The van der Waals surface area contributed by atoms with E-state index in [1.807, 2.05) is 6.92 Å². The summed E-state index contributed by atoms with van der Waals surface area (Å²) in [6.07, 6.45) is 9.90. The highest BCUT2D eigenvalue weighted by Gasteiger charge is 2.20. The fourth-order valence-electron chi connectivity index (χ4n) is 2.87. The molecule has 0 radical (unpaired) electrons. The molecule has 0 bridgehead atoms. The van der Waals surface area contributed by atoms with E-state index in [2.05, 4.69) is 25.5 Å². The smallest absolute Gasteiger partial charge is 0.263 e. The summed E-state index contributed by atoms with van der Waals surface area (Å²) in [5, 5.41) is 10.5. The van der Waals surface area contributed by atoms with E-state index in [0.717, 1.165) is 18.5 Å². The van der Waals surface area contributed by atoms with E-state index < -0.39 is 0 Å². The van der Waals surface area contributed by atoms with Crippen LogP contribution in [0.1, 0.15) is 60.3 Å². The van der Waals surface area contributed by atoms with Gasteiger partial charge in [-0.15, -0.1) is 11.3 Å². The van der Waals surface area contributed by atoms with Crippen LogP contribution in [0.2, 0.25) is 0 Å². The second-order valence-electron chi connectivity index (χ2n) is 5.78. The summed E-state index contributed by atoms with van der Waals surface area (Å²) in [4.78, 5) is 21.7. The molecular weight excluding hydrogens is 298 g/mol. The maximum Gasteiger partial charge on any atom is 0.263 e. The van der Waals surface area contributed by atoms with Crippen molar-refractivity contribution in [1.29, 1.82) is 0 Å². The number of thiazole rings is 1. The Balaban J connectivity index is 1.69. The summed E-state index contributed by atoms with van der Waals surface area (Å²) in [7, 11) is 0. The Bertz CT molecular complexity index is 614. The Morgan fingerprint density at radius 2 is 2.00 bits per heavy atom. The van der Waals surface area contributed by atoms with Gasteiger partial charge in [0, 0.05) is 6.04 Å². The van der Waals surface area contributed by atoms with Crippen molar-refractivity contribution >= 4 is 17.2 Å². The number of hydrogen-bond acceptors (Lipinski definition) is 5. The minimum Gasteiger partial charge on any atom is -0.349 e. The highest BCUT2D eigenvalue weighted by atomic mass is 32.1. The number of aromatic amines is 1. The normalized spacial score (nSPS) is 17.0. The van der Waals surface area contributed by atoms with Gasteiger partial charge >= 0.3 is 0 Å². The number of nitrogens with one attached hydrogen (secondary N) is 2. The molecule has 2 heterocycles. The van der Waals surface area contributed by atoms with Gasteiger partial charge in [-0.3, -0.25) is 9.89 Å². The Labute approximate surface area is 133 Å². The summed E-state index contributed by atoms with van der Waals surface area (Å²) in [6.45, 7) is 1.86. The number of H-pyrrole nitrogens is 1. The van der Waals surface area contributed by atoms with Crippen molar-refractivity contribution in [2.75, 3.05) is 0 Å². The second-order valence-corrected chi connectivity index (χ2v) is 6.78. The summed E-state index contributed by atoms with van der Waals surface area (Å²) in [6, 6.07) is 0.294. The Kier molecular flexibility index (Phi) is 4.82. The third-order valence-electron chi connectivity index (χ3n) is 4.06. The summed E-state index contributed by atoms with van der Waals surface area (Å²) < 4.78 is 0. The molecule has 1 aliphatic rings. The lowest BCUT2D eigenvalue weighted by Crippen LogP contribution is -2.35. The lowest BCUT2D eigenvalue weighted by atomic mass is 9.97. The second kappa shape index (κ2) is 7.00. The molecule has 0 saturated heterocycles. The van der Waals surface area contributed by atoms with Crippen molar-refractivity contribution in [2.24, 2.45) is 0 Å². The highest BCUT2D eigenvalue weighted by molar-refractivity contribution is 7.17. The molecule has 1 fully saturated rings. The third-order valence-corrected chi connectivity index (χ3v) is 5.22. The average molecular weight is 319 g/mol. The van der Waals surface area contributed by atoms with Crippen LogP contribution in [0.4, 0.5) is 0 Å². The number of carbonyl (C=O) groups is 1. The van der Waals surface area contributed by atoms with Crippen LogP contribution in [-0.2, 0) is 0 Å². The monoisotopic (exact) mass is 319 g/mol. The minimum atomic E-state index is -0.00802. The molecule has 2 N–H and O–H groups in total. The van der Waals surface area contributed by atoms with E-state index in [4.69, 9.17) is 0 Å². The molecule has 6 nitrogen and oxygen atoms in total. The fourth-order valence-corrected chi connectivity index (χ4v) is 3.78. The van der Waals surface area contributed by atoms with E-state index in [0.29, 0.717) is 21.8 Å². The van der Waals surface area contributed by atoms with Gasteiger partial charge in [0.05, 0.1) is 5.69 Å². The molecule has 0 aromatic carbocycles. The van der Waals surface area contributed by atoms with Crippen molar-refractivity contribution in [3.8, 4) is 10.8 Å². The molecule has 2 aromatic heterocycles. The summed E-state index contributed by atoms with van der Waals surface area (Å²) in [5.74, 6) is 0.601. The first-order valence-corrected chi connectivity index (χ1v) is 8.69. The molecule has 1 aliphatic carbocycles. The zero-order chi connectivity index (χ0) is 15.4. The van der Waals surface area contributed by atoms with Gasteiger partial charge < -0.3 is 5.32 Å². The van der Waals surface area contributed by atoms with Crippen molar-refractivity contribution in [3.05, 3.63) is 16.9 Å². The number of aromatic nitrogens is 4. The number of hydrogen-bond donors (Lipinski definition) is 2. The van der Waals surface area contributed by atoms with Gasteiger partial charge in [-0.25, -0.2) is 9.97 Å². The Hall–Kier alpha value is -1.76. The number of nitrogens with zero attached hydrogens (tertiary/aromatic N) is 3. The minimum absolute atomic E-state index is 0.00802. The molecular formula is C15H21N5OS. The number of aryl methyl sites for hydroxylation is 1. The Morgan fingerprint density at radius 3 is 2.68 bits per heavy atom. The van der Waals surface area contributed by atoms with Crippen molar-refractivity contribution in [3.63, 3.8) is 0 Å². The highest BCUT2D eigenvalue weighted by Crippen LogP contribution is 2.25. The van der Waals surface area contributed by atoms with Crippen molar-refractivity contribution < 1.29 is 4.79 Å². The first-order chi connectivity index (χ1) is 10.7. The van der Waals surface area contributed by atoms with Crippen LogP contribution in [0.3, 0.4) is 0 Å². The van der Waals surface area contributed by atoms with Crippen molar-refractivity contribution in [2.45, 2.75) is 57.9 Å². The van der Waals surface area contributed by atoms with Gasteiger partial charge in [-0.2, -0.15) is 5.10 Å². The van der Waals surface area contributed by atoms with Crippen LogP contribution in [0.15, 0.2) is 6.33 Å². The quantitative estimate of drug-likeness (QED) is 0.910. The first kappa shape index (κ1) is 15.1. The molecule has 0 unspecified atom stereocenters. The Morgan fingerprint density at radius 1 is 1.27 bits per heavy atom. The maximum absolute atomic E-state index is 12.5. The lowest BCUT2D eigenvalue weighted by molar-refractivity contribution is 0.0934. The van der Waals surface area contributed by atoms with Gasteiger partial charge in [0.25, 0.3) is 5.91 Å². The third kappa shape index (κ3) is 3.52. The zero-order valence-corrected chi connectivity index (χ0v) is 13.6. The molecule has 118 valence electrons. The van der Waals surface area contributed by atoms with Gasteiger partial charge in [-0.05, 0) is 19.8 Å². The number of amides is 1. The molecule has 0 spiro atoms. The molecule has 1 amide bonds. The SMILES string of the molecule is Cc1nc(-c2ncn[nH]2)sc1C(=O)NC1CCCCCCC1. The average Bonchev–Trinajstić information content (AvgIpc) is 3.10. The van der Waals surface area contributed by atoms with Crippen LogP contribution < -0.4 is 5.32 Å². The van der Waals surface area contributed by atoms with Gasteiger partial charge in [0.1, 0.15) is 11.2 Å². The first-order valence-electron chi connectivity index (χ1n) is 7.88. The van der Waals surface area contributed by atoms with Gasteiger partial charge in [0.15, 0.2) is 10.8 Å². The van der Waals surface area contributed by atoms with E-state index in [9.17, 15) is 4.79 Å². The molecule has 0 aliphatic heterocycles. The zero-order valence-electron chi connectivity index (χ0n) is 12.8. The van der Waals surface area contributed by atoms with Crippen LogP contribution in [-0.4, -0.2) is 32.1 Å². The van der Waals surface area contributed by atoms with E-state index in [1.54, 1.807) is 0 Å². The summed E-state index contributed by atoms with van der Waals surface area (Å²) in [5.41, 5.74) is 0.750. The van der Waals surface area contributed by atoms with Crippen LogP contribution >= 0.6 is 11.3 Å². The fraction of sp³-hybridized carbons (Fsp3) is 0.600. The molecule has 7 heteroatoms. The van der Waals surface area contributed by atoms with Crippen LogP contribution in [0.5, 0.6) is 0 Å². The van der Waals surface area contributed by atoms with Gasteiger partial charge in [-0.1, -0.05) is 32.1 Å². The van der Waals surface area contributed by atoms with E-state index in [-0.39, 0.29) is 5.91 Å². The molecule has 0 atom stereocenters. The topological polar surface area (TPSA) is 83.6 Å². The molecule has 1 saturated carbocycles. The van der Waals surface area contributed by atoms with Crippen LogP contribution in [0.25, 0.3) is 10.8 Å².